The van der Waals surface area contributed by atoms with E-state index in [1.165, 1.54) is 0 Å². The van der Waals surface area contributed by atoms with Crippen molar-refractivity contribution in [1.29, 1.82) is 0 Å². The Kier molecular flexibility index (Phi) is 3.00. The van der Waals surface area contributed by atoms with Gasteiger partial charge in [0.1, 0.15) is 5.76 Å². The third-order valence-electron chi connectivity index (χ3n) is 1.22. The number of allylic oxidation sites excluding steroid dienone is 3. The van der Waals surface area contributed by atoms with Gasteiger partial charge in [-0.3, -0.25) is 0 Å². The van der Waals surface area contributed by atoms with Crippen molar-refractivity contribution in [3.05, 3.63) is 28.8 Å². The van der Waals surface area contributed by atoms with Crippen LogP contribution in [0.1, 0.15) is 13.3 Å². The predicted octanol–water partition coefficient (Wildman–Crippen LogP) is 2.79. The Morgan fingerprint density at radius 1 is 1.70 bits per heavy atom. The van der Waals surface area contributed by atoms with Crippen LogP contribution in [0.4, 0.5) is 0 Å². The van der Waals surface area contributed by atoms with E-state index in [4.69, 9.17) is 4.74 Å². The van der Waals surface area contributed by atoms with Crippen molar-refractivity contribution in [3.8, 4) is 0 Å². The summed E-state index contributed by atoms with van der Waals surface area (Å²) >= 11 is 3.38. The SMILES string of the molecule is CCOC1=CC[CH]C(Br)=C1. The number of hydrogen-bond donors (Lipinski definition) is 0. The van der Waals surface area contributed by atoms with Crippen LogP contribution in [0.15, 0.2) is 22.4 Å². The van der Waals surface area contributed by atoms with Gasteiger partial charge in [0.15, 0.2) is 0 Å². The molecule has 0 saturated carbocycles. The van der Waals surface area contributed by atoms with Crippen LogP contribution in [-0.4, -0.2) is 6.61 Å². The molecule has 0 aromatic carbocycles. The summed E-state index contributed by atoms with van der Waals surface area (Å²) in [6.45, 7) is 2.73. The zero-order chi connectivity index (χ0) is 7.40. The minimum atomic E-state index is 0.739. The normalized spacial score (nSPS) is 17.8. The number of rotatable bonds is 2. The molecule has 0 spiro atoms. The minimum absolute atomic E-state index is 0.739. The summed E-state index contributed by atoms with van der Waals surface area (Å²) in [6.07, 6.45) is 7.11. The van der Waals surface area contributed by atoms with Crippen LogP contribution in [-0.2, 0) is 4.74 Å². The summed E-state index contributed by atoms with van der Waals surface area (Å²) in [4.78, 5) is 0. The molecule has 1 rings (SSSR count). The van der Waals surface area contributed by atoms with E-state index in [0.717, 1.165) is 23.3 Å². The second kappa shape index (κ2) is 3.81. The fourth-order valence-corrected chi connectivity index (χ4v) is 1.22. The van der Waals surface area contributed by atoms with Gasteiger partial charge in [-0.2, -0.15) is 0 Å². The molecule has 10 heavy (non-hydrogen) atoms. The van der Waals surface area contributed by atoms with Crippen molar-refractivity contribution in [1.82, 2.24) is 0 Å². The molecule has 55 valence electrons. The maximum atomic E-state index is 5.29. The first-order valence-corrected chi connectivity index (χ1v) is 4.15. The zero-order valence-electron chi connectivity index (χ0n) is 5.93. The Morgan fingerprint density at radius 3 is 3.10 bits per heavy atom. The molecule has 0 unspecified atom stereocenters. The maximum Gasteiger partial charge on any atom is 0.116 e. The van der Waals surface area contributed by atoms with Gasteiger partial charge in [-0.25, -0.2) is 0 Å². The minimum Gasteiger partial charge on any atom is -0.494 e. The van der Waals surface area contributed by atoms with Crippen molar-refractivity contribution in [3.63, 3.8) is 0 Å². The molecule has 1 aliphatic carbocycles. The quantitative estimate of drug-likeness (QED) is 0.668. The molecule has 1 nitrogen and oxygen atoms in total. The smallest absolute Gasteiger partial charge is 0.116 e. The van der Waals surface area contributed by atoms with Crippen LogP contribution < -0.4 is 0 Å². The first-order chi connectivity index (χ1) is 4.83. The standard InChI is InChI=1S/C8H10BrO/c1-2-10-8-5-3-4-7(9)6-8/h4-6H,2-3H2,1H3. The largest absolute Gasteiger partial charge is 0.494 e. The summed E-state index contributed by atoms with van der Waals surface area (Å²) in [5.41, 5.74) is 0. The van der Waals surface area contributed by atoms with Gasteiger partial charge in [0, 0.05) is 10.9 Å². The molecule has 0 aromatic rings. The highest BCUT2D eigenvalue weighted by atomic mass is 79.9. The van der Waals surface area contributed by atoms with Gasteiger partial charge in [-0.1, -0.05) is 15.9 Å². The lowest BCUT2D eigenvalue weighted by atomic mass is 10.2. The molecule has 0 amide bonds. The molecule has 0 heterocycles. The van der Waals surface area contributed by atoms with Gasteiger partial charge in [0.05, 0.1) is 6.61 Å². The lowest BCUT2D eigenvalue weighted by molar-refractivity contribution is 0.241. The average Bonchev–Trinajstić information content (AvgIpc) is 1.88. The molecule has 0 N–H and O–H groups in total. The number of hydrogen-bond acceptors (Lipinski definition) is 1. The third kappa shape index (κ3) is 2.18. The van der Waals surface area contributed by atoms with Crippen molar-refractivity contribution in [2.45, 2.75) is 13.3 Å². The Hall–Kier alpha value is -0.240. The summed E-state index contributed by atoms with van der Waals surface area (Å²) < 4.78 is 6.40. The van der Waals surface area contributed by atoms with Crippen molar-refractivity contribution >= 4 is 15.9 Å². The van der Waals surface area contributed by atoms with Crippen LogP contribution >= 0.6 is 15.9 Å². The highest BCUT2D eigenvalue weighted by Gasteiger charge is 2.02. The molecule has 1 radical (unpaired) electrons. The van der Waals surface area contributed by atoms with Gasteiger partial charge in [-0.15, -0.1) is 0 Å². The summed E-state index contributed by atoms with van der Waals surface area (Å²) in [7, 11) is 0. The monoisotopic (exact) mass is 201 g/mol. The van der Waals surface area contributed by atoms with E-state index < -0.39 is 0 Å². The molecule has 2 heteroatoms. The third-order valence-corrected chi connectivity index (χ3v) is 1.78. The molecule has 0 aliphatic heterocycles. The second-order valence-corrected chi connectivity index (χ2v) is 2.92. The van der Waals surface area contributed by atoms with Gasteiger partial charge >= 0.3 is 0 Å². The first-order valence-electron chi connectivity index (χ1n) is 3.36. The van der Waals surface area contributed by atoms with Gasteiger partial charge in [-0.05, 0) is 25.5 Å². The van der Waals surface area contributed by atoms with Gasteiger partial charge in [0.25, 0.3) is 0 Å². The van der Waals surface area contributed by atoms with Crippen LogP contribution in [0.3, 0.4) is 0 Å². The van der Waals surface area contributed by atoms with Crippen LogP contribution in [0.25, 0.3) is 0 Å². The Labute approximate surface area is 69.9 Å². The average molecular weight is 202 g/mol. The Bertz CT molecular complexity index is 170. The van der Waals surface area contributed by atoms with E-state index in [1.54, 1.807) is 0 Å². The summed E-state index contributed by atoms with van der Waals surface area (Å²) in [5, 5.41) is 0. The molecule has 1 aliphatic rings. The molecule has 0 fully saturated rings. The number of halogens is 1. The van der Waals surface area contributed by atoms with Crippen LogP contribution in [0, 0.1) is 6.42 Å². The van der Waals surface area contributed by atoms with Gasteiger partial charge < -0.3 is 4.74 Å². The maximum absolute atomic E-state index is 5.29. The van der Waals surface area contributed by atoms with E-state index in [-0.39, 0.29) is 0 Å². The van der Waals surface area contributed by atoms with E-state index in [9.17, 15) is 0 Å². The van der Waals surface area contributed by atoms with Gasteiger partial charge in [0.2, 0.25) is 0 Å². The summed E-state index contributed by atoms with van der Waals surface area (Å²) in [6, 6.07) is 0. The Balaban J connectivity index is 2.51. The van der Waals surface area contributed by atoms with E-state index in [2.05, 4.69) is 28.4 Å². The van der Waals surface area contributed by atoms with Crippen LogP contribution in [0.2, 0.25) is 0 Å². The number of ether oxygens (including phenoxy) is 1. The lowest BCUT2D eigenvalue weighted by Crippen LogP contribution is -1.93. The van der Waals surface area contributed by atoms with E-state index in [0.29, 0.717) is 0 Å². The van der Waals surface area contributed by atoms with Crippen molar-refractivity contribution < 1.29 is 4.74 Å². The molecule has 0 saturated heterocycles. The predicted molar refractivity (Wildman–Crippen MR) is 45.6 cm³/mol. The molecule has 0 aromatic heterocycles. The second-order valence-electron chi connectivity index (χ2n) is 2.01. The van der Waals surface area contributed by atoms with Crippen LogP contribution in [0.5, 0.6) is 0 Å². The highest BCUT2D eigenvalue weighted by molar-refractivity contribution is 9.11. The van der Waals surface area contributed by atoms with Crippen molar-refractivity contribution in [2.24, 2.45) is 0 Å². The lowest BCUT2D eigenvalue weighted by Gasteiger charge is -2.08. The topological polar surface area (TPSA) is 9.23 Å². The van der Waals surface area contributed by atoms with E-state index >= 15 is 0 Å². The van der Waals surface area contributed by atoms with E-state index in [1.807, 2.05) is 13.0 Å². The highest BCUT2D eigenvalue weighted by Crippen LogP contribution is 2.21. The first kappa shape index (κ1) is 7.86. The van der Waals surface area contributed by atoms with Crippen molar-refractivity contribution in [2.75, 3.05) is 6.61 Å². The molecule has 0 bridgehead atoms. The summed E-state index contributed by atoms with van der Waals surface area (Å²) in [5.74, 6) is 0.969. The zero-order valence-corrected chi connectivity index (χ0v) is 7.52. The fourth-order valence-electron chi connectivity index (χ4n) is 0.809. The Morgan fingerprint density at radius 2 is 2.50 bits per heavy atom. The molecular formula is C8H10BrO. The molecule has 0 atom stereocenters. The molecular weight excluding hydrogens is 192 g/mol. The fraction of sp³-hybridized carbons (Fsp3) is 0.375.